The second-order valence-corrected chi connectivity index (χ2v) is 2.62. The van der Waals surface area contributed by atoms with E-state index in [0.29, 0.717) is 0 Å². The van der Waals surface area contributed by atoms with Gasteiger partial charge in [-0.05, 0) is 12.1 Å². The predicted molar refractivity (Wildman–Crippen MR) is 48.3 cm³/mol. The zero-order valence-electron chi connectivity index (χ0n) is 6.15. The molecular formula is C8H7NO2S. The molecule has 3 nitrogen and oxygen atoms in total. The first-order valence-electron chi connectivity index (χ1n) is 3.25. The highest BCUT2D eigenvalue weighted by Crippen LogP contribution is 2.09. The third-order valence-electron chi connectivity index (χ3n) is 1.42. The summed E-state index contributed by atoms with van der Waals surface area (Å²) in [6.45, 7) is 0. The van der Waals surface area contributed by atoms with Gasteiger partial charge in [0, 0.05) is 5.56 Å². The van der Waals surface area contributed by atoms with Crippen LogP contribution in [0.4, 0.5) is 0 Å². The number of carbonyl (C=O) groups excluding carboxylic acids is 2. The Morgan fingerprint density at radius 1 is 1.17 bits per heavy atom. The highest BCUT2D eigenvalue weighted by molar-refractivity contribution is 7.97. The molecule has 4 heteroatoms. The number of hydrogen-bond donors (Lipinski definition) is 2. The molecule has 1 amide bonds. The van der Waals surface area contributed by atoms with Gasteiger partial charge in [-0.2, -0.15) is 0 Å². The van der Waals surface area contributed by atoms with Gasteiger partial charge in [0.25, 0.3) is 0 Å². The molecule has 12 heavy (non-hydrogen) atoms. The van der Waals surface area contributed by atoms with Crippen molar-refractivity contribution >= 4 is 23.7 Å². The normalized spacial score (nSPS) is 9.42. The van der Waals surface area contributed by atoms with E-state index in [-0.39, 0.29) is 11.1 Å². The molecule has 0 aliphatic rings. The number of rotatable bonds is 2. The molecule has 0 radical (unpaired) electrons. The summed E-state index contributed by atoms with van der Waals surface area (Å²) in [6, 6.07) is 6.29. The van der Waals surface area contributed by atoms with Crippen LogP contribution in [0, 0.1) is 0 Å². The van der Waals surface area contributed by atoms with Gasteiger partial charge in [0.1, 0.15) is 0 Å². The topological polar surface area (TPSA) is 60.2 Å². The molecule has 0 aliphatic heterocycles. The number of nitrogens with two attached hydrogens (primary N) is 1. The number of primary amides is 1. The lowest BCUT2D eigenvalue weighted by molar-refractivity contribution is 0.0990. The predicted octanol–water partition coefficient (Wildman–Crippen LogP) is 0.855. The fourth-order valence-electron chi connectivity index (χ4n) is 0.884. The van der Waals surface area contributed by atoms with Crippen molar-refractivity contribution in [1.82, 2.24) is 0 Å². The monoisotopic (exact) mass is 181 g/mol. The summed E-state index contributed by atoms with van der Waals surface area (Å²) in [4.78, 5) is 21.6. The highest BCUT2D eigenvalue weighted by Gasteiger charge is 2.10. The Morgan fingerprint density at radius 3 is 2.00 bits per heavy atom. The third kappa shape index (κ3) is 1.65. The number of benzene rings is 1. The van der Waals surface area contributed by atoms with E-state index in [4.69, 9.17) is 5.73 Å². The van der Waals surface area contributed by atoms with Gasteiger partial charge in [0.05, 0.1) is 5.56 Å². The van der Waals surface area contributed by atoms with Crippen LogP contribution in [0.15, 0.2) is 24.3 Å². The van der Waals surface area contributed by atoms with E-state index in [9.17, 15) is 9.59 Å². The van der Waals surface area contributed by atoms with Crippen molar-refractivity contribution in [2.24, 2.45) is 5.73 Å². The van der Waals surface area contributed by atoms with Gasteiger partial charge >= 0.3 is 0 Å². The molecule has 0 aromatic heterocycles. The van der Waals surface area contributed by atoms with Crippen LogP contribution in [-0.4, -0.2) is 11.0 Å². The minimum absolute atomic E-state index is 0.206. The molecule has 0 saturated heterocycles. The van der Waals surface area contributed by atoms with Crippen LogP contribution in [0.2, 0.25) is 0 Å². The summed E-state index contributed by atoms with van der Waals surface area (Å²) in [6.07, 6.45) is 0. The summed E-state index contributed by atoms with van der Waals surface area (Å²) in [5, 5.41) is -0.454. The van der Waals surface area contributed by atoms with E-state index in [0.717, 1.165) is 0 Å². The molecule has 0 unspecified atom stereocenters. The smallest absolute Gasteiger partial charge is 0.249 e. The summed E-state index contributed by atoms with van der Waals surface area (Å²) in [5.74, 6) is -0.618. The molecule has 62 valence electrons. The zero-order chi connectivity index (χ0) is 9.14. The molecule has 1 aromatic rings. The molecule has 1 aromatic carbocycles. The second kappa shape index (κ2) is 3.40. The maximum atomic E-state index is 10.8. The Hall–Kier alpha value is -1.29. The first-order chi connectivity index (χ1) is 5.63. The van der Waals surface area contributed by atoms with E-state index in [1.165, 1.54) is 12.1 Å². The standard InChI is InChI=1S/C8H7NO2S/c9-7(10)5-3-1-2-4-6(5)8(11)12/h1-4H,(H2,9,10)(H,11,12). The van der Waals surface area contributed by atoms with E-state index in [1.54, 1.807) is 12.1 Å². The Labute approximate surface area is 75.0 Å². The van der Waals surface area contributed by atoms with Crippen molar-refractivity contribution in [1.29, 1.82) is 0 Å². The van der Waals surface area contributed by atoms with Crippen LogP contribution in [0.25, 0.3) is 0 Å². The largest absolute Gasteiger partial charge is 0.366 e. The second-order valence-electron chi connectivity index (χ2n) is 2.21. The quantitative estimate of drug-likeness (QED) is 0.664. The Bertz CT molecular complexity index is 303. The SMILES string of the molecule is NC(=O)c1ccccc1C(=O)S. The third-order valence-corrected chi connectivity index (χ3v) is 1.66. The van der Waals surface area contributed by atoms with Crippen LogP contribution in [0.1, 0.15) is 20.7 Å². The Balaban J connectivity index is 3.27. The van der Waals surface area contributed by atoms with Gasteiger partial charge in [-0.15, -0.1) is 12.6 Å². The van der Waals surface area contributed by atoms with Crippen molar-refractivity contribution in [2.75, 3.05) is 0 Å². The number of thiol groups is 1. The van der Waals surface area contributed by atoms with Crippen molar-refractivity contribution < 1.29 is 9.59 Å². The van der Waals surface area contributed by atoms with Crippen molar-refractivity contribution in [3.8, 4) is 0 Å². The number of hydrogen-bond acceptors (Lipinski definition) is 2. The summed E-state index contributed by atoms with van der Waals surface area (Å²) in [7, 11) is 0. The molecular weight excluding hydrogens is 174 g/mol. The van der Waals surface area contributed by atoms with Crippen LogP contribution in [-0.2, 0) is 0 Å². The summed E-state index contributed by atoms with van der Waals surface area (Å²) in [5.41, 5.74) is 5.48. The Morgan fingerprint density at radius 2 is 1.67 bits per heavy atom. The van der Waals surface area contributed by atoms with E-state index in [1.807, 2.05) is 0 Å². The lowest BCUT2D eigenvalue weighted by Crippen LogP contribution is -2.14. The first kappa shape index (κ1) is 8.80. The lowest BCUT2D eigenvalue weighted by atomic mass is 10.1. The fourth-order valence-corrected chi connectivity index (χ4v) is 1.08. The maximum Gasteiger partial charge on any atom is 0.249 e. The average Bonchev–Trinajstić information content (AvgIpc) is 2.04. The molecule has 1 rings (SSSR count). The van der Waals surface area contributed by atoms with Gasteiger partial charge < -0.3 is 5.73 Å². The van der Waals surface area contributed by atoms with E-state index in [2.05, 4.69) is 12.6 Å². The first-order valence-corrected chi connectivity index (χ1v) is 3.70. The molecule has 0 heterocycles. The van der Waals surface area contributed by atoms with E-state index < -0.39 is 11.0 Å². The van der Waals surface area contributed by atoms with Crippen LogP contribution < -0.4 is 5.73 Å². The van der Waals surface area contributed by atoms with Crippen molar-refractivity contribution in [3.05, 3.63) is 35.4 Å². The molecule has 0 fully saturated rings. The number of carbonyl (C=O) groups is 2. The molecule has 0 atom stereocenters. The minimum Gasteiger partial charge on any atom is -0.366 e. The Kier molecular flexibility index (Phi) is 2.50. The van der Waals surface area contributed by atoms with Gasteiger partial charge in [-0.25, -0.2) is 0 Å². The highest BCUT2D eigenvalue weighted by atomic mass is 32.1. The van der Waals surface area contributed by atoms with Gasteiger partial charge in [0.15, 0.2) is 0 Å². The van der Waals surface area contributed by atoms with Crippen LogP contribution in [0.3, 0.4) is 0 Å². The molecule has 0 bridgehead atoms. The fraction of sp³-hybridized carbons (Fsp3) is 0. The zero-order valence-corrected chi connectivity index (χ0v) is 7.04. The van der Waals surface area contributed by atoms with Crippen molar-refractivity contribution in [2.45, 2.75) is 0 Å². The van der Waals surface area contributed by atoms with Gasteiger partial charge in [-0.3, -0.25) is 9.59 Å². The molecule has 0 saturated carbocycles. The lowest BCUT2D eigenvalue weighted by Gasteiger charge is -1.99. The average molecular weight is 181 g/mol. The van der Waals surface area contributed by atoms with Crippen molar-refractivity contribution in [3.63, 3.8) is 0 Å². The summed E-state index contributed by atoms with van der Waals surface area (Å²) < 4.78 is 0. The maximum absolute atomic E-state index is 10.8. The molecule has 0 aliphatic carbocycles. The molecule has 2 N–H and O–H groups in total. The minimum atomic E-state index is -0.618. The van der Waals surface area contributed by atoms with Crippen LogP contribution >= 0.6 is 12.6 Å². The van der Waals surface area contributed by atoms with Gasteiger partial charge in [0.2, 0.25) is 11.0 Å². The number of amides is 1. The van der Waals surface area contributed by atoms with Crippen LogP contribution in [0.5, 0.6) is 0 Å². The molecule has 0 spiro atoms. The van der Waals surface area contributed by atoms with E-state index >= 15 is 0 Å². The van der Waals surface area contributed by atoms with Gasteiger partial charge in [-0.1, -0.05) is 12.1 Å². The summed E-state index contributed by atoms with van der Waals surface area (Å²) >= 11 is 3.61.